The number of hydrogen-bond acceptors (Lipinski definition) is 3. The standard InChI is InChI=1S/C14H11F2N3O/c1-20-13-5-3-9(7-10(13)16)19-12-4-2-8(15)6-11(12)18-14(19)17/h2-7H,1H3,(H2,17,18). The molecule has 0 amide bonds. The van der Waals surface area contributed by atoms with Crippen LogP contribution in [0.2, 0.25) is 0 Å². The van der Waals surface area contributed by atoms with E-state index in [1.165, 1.54) is 31.4 Å². The summed E-state index contributed by atoms with van der Waals surface area (Å²) in [5.74, 6) is -0.602. The molecule has 0 bridgehead atoms. The van der Waals surface area contributed by atoms with E-state index in [0.29, 0.717) is 16.7 Å². The number of hydrogen-bond donors (Lipinski definition) is 1. The molecule has 6 heteroatoms. The van der Waals surface area contributed by atoms with E-state index < -0.39 is 11.6 Å². The van der Waals surface area contributed by atoms with E-state index >= 15 is 0 Å². The van der Waals surface area contributed by atoms with Gasteiger partial charge in [-0.2, -0.15) is 0 Å². The first kappa shape index (κ1) is 12.4. The molecule has 0 spiro atoms. The number of nitrogen functional groups attached to an aromatic ring is 1. The van der Waals surface area contributed by atoms with Crippen molar-refractivity contribution in [1.29, 1.82) is 0 Å². The van der Waals surface area contributed by atoms with Crippen molar-refractivity contribution in [3.05, 3.63) is 48.0 Å². The third kappa shape index (κ3) is 1.85. The van der Waals surface area contributed by atoms with Crippen LogP contribution < -0.4 is 10.5 Å². The predicted molar refractivity (Wildman–Crippen MR) is 72.0 cm³/mol. The molecule has 0 aliphatic carbocycles. The van der Waals surface area contributed by atoms with Gasteiger partial charge in [0.1, 0.15) is 5.82 Å². The van der Waals surface area contributed by atoms with Crippen LogP contribution in [0.1, 0.15) is 0 Å². The first-order valence-corrected chi connectivity index (χ1v) is 5.87. The quantitative estimate of drug-likeness (QED) is 0.782. The van der Waals surface area contributed by atoms with Gasteiger partial charge in [-0.1, -0.05) is 0 Å². The molecule has 0 fully saturated rings. The summed E-state index contributed by atoms with van der Waals surface area (Å²) < 4.78 is 33.4. The molecular weight excluding hydrogens is 264 g/mol. The highest BCUT2D eigenvalue weighted by molar-refractivity contribution is 5.80. The lowest BCUT2D eigenvalue weighted by molar-refractivity contribution is 0.386. The molecule has 0 aliphatic heterocycles. The molecule has 3 aromatic rings. The summed E-state index contributed by atoms with van der Waals surface area (Å²) in [5.41, 5.74) is 7.35. The second-order valence-electron chi connectivity index (χ2n) is 4.26. The lowest BCUT2D eigenvalue weighted by Crippen LogP contribution is -2.01. The van der Waals surface area contributed by atoms with Crippen molar-refractivity contribution in [3.63, 3.8) is 0 Å². The van der Waals surface area contributed by atoms with Gasteiger partial charge in [0.05, 0.1) is 23.8 Å². The van der Waals surface area contributed by atoms with Gasteiger partial charge in [0, 0.05) is 12.1 Å². The summed E-state index contributed by atoms with van der Waals surface area (Å²) in [7, 11) is 1.39. The lowest BCUT2D eigenvalue weighted by Gasteiger charge is -2.08. The normalized spacial score (nSPS) is 10.9. The van der Waals surface area contributed by atoms with Gasteiger partial charge in [-0.3, -0.25) is 4.57 Å². The number of fused-ring (bicyclic) bond motifs is 1. The van der Waals surface area contributed by atoms with Crippen LogP contribution in [0.15, 0.2) is 36.4 Å². The fraction of sp³-hybridized carbons (Fsp3) is 0.0714. The van der Waals surface area contributed by atoms with Gasteiger partial charge in [-0.15, -0.1) is 0 Å². The highest BCUT2D eigenvalue weighted by Gasteiger charge is 2.12. The summed E-state index contributed by atoms with van der Waals surface area (Å²) in [6.45, 7) is 0. The minimum absolute atomic E-state index is 0.141. The van der Waals surface area contributed by atoms with Crippen LogP contribution in [0.4, 0.5) is 14.7 Å². The molecule has 0 atom stereocenters. The number of halogens is 2. The third-order valence-corrected chi connectivity index (χ3v) is 3.04. The number of ether oxygens (including phenoxy) is 1. The highest BCUT2D eigenvalue weighted by Crippen LogP contribution is 2.26. The number of imidazole rings is 1. The fourth-order valence-electron chi connectivity index (χ4n) is 2.14. The van der Waals surface area contributed by atoms with Gasteiger partial charge in [-0.05, 0) is 24.3 Å². The number of methoxy groups -OCH3 is 1. The van der Waals surface area contributed by atoms with Crippen LogP contribution in [0.25, 0.3) is 16.7 Å². The Morgan fingerprint density at radius 3 is 2.65 bits per heavy atom. The average molecular weight is 275 g/mol. The molecule has 2 aromatic carbocycles. The van der Waals surface area contributed by atoms with Crippen molar-refractivity contribution in [3.8, 4) is 11.4 Å². The van der Waals surface area contributed by atoms with E-state index in [4.69, 9.17) is 10.5 Å². The zero-order valence-electron chi connectivity index (χ0n) is 10.6. The third-order valence-electron chi connectivity index (χ3n) is 3.04. The van der Waals surface area contributed by atoms with Crippen LogP contribution >= 0.6 is 0 Å². The first-order chi connectivity index (χ1) is 9.60. The van der Waals surface area contributed by atoms with Crippen molar-refractivity contribution in [2.24, 2.45) is 0 Å². The number of aromatic nitrogens is 2. The van der Waals surface area contributed by atoms with Crippen molar-refractivity contribution in [2.75, 3.05) is 12.8 Å². The van der Waals surface area contributed by atoms with Gasteiger partial charge >= 0.3 is 0 Å². The van der Waals surface area contributed by atoms with Gasteiger partial charge in [0.15, 0.2) is 11.6 Å². The van der Waals surface area contributed by atoms with E-state index in [2.05, 4.69) is 4.98 Å². The van der Waals surface area contributed by atoms with E-state index in [1.54, 1.807) is 16.7 Å². The van der Waals surface area contributed by atoms with E-state index in [1.807, 2.05) is 0 Å². The van der Waals surface area contributed by atoms with Gasteiger partial charge < -0.3 is 10.5 Å². The zero-order chi connectivity index (χ0) is 14.3. The maximum atomic E-state index is 13.8. The molecule has 0 radical (unpaired) electrons. The van der Waals surface area contributed by atoms with E-state index in [-0.39, 0.29) is 11.7 Å². The lowest BCUT2D eigenvalue weighted by atomic mass is 10.2. The smallest absolute Gasteiger partial charge is 0.205 e. The highest BCUT2D eigenvalue weighted by atomic mass is 19.1. The van der Waals surface area contributed by atoms with Crippen molar-refractivity contribution >= 4 is 17.0 Å². The summed E-state index contributed by atoms with van der Waals surface area (Å²) in [5, 5.41) is 0. The predicted octanol–water partition coefficient (Wildman–Crippen LogP) is 2.89. The SMILES string of the molecule is COc1ccc(-n2c(N)nc3cc(F)ccc32)cc1F. The van der Waals surface area contributed by atoms with E-state index in [0.717, 1.165) is 0 Å². The molecule has 0 saturated carbocycles. The Balaban J connectivity index is 2.23. The van der Waals surface area contributed by atoms with Crippen molar-refractivity contribution in [2.45, 2.75) is 0 Å². The van der Waals surface area contributed by atoms with Crippen LogP contribution in [0, 0.1) is 11.6 Å². The number of benzene rings is 2. The fourth-order valence-corrected chi connectivity index (χ4v) is 2.14. The van der Waals surface area contributed by atoms with Crippen molar-refractivity contribution in [1.82, 2.24) is 9.55 Å². The first-order valence-electron chi connectivity index (χ1n) is 5.87. The van der Waals surface area contributed by atoms with Crippen LogP contribution in [0.3, 0.4) is 0 Å². The second kappa shape index (κ2) is 4.48. The Morgan fingerprint density at radius 1 is 1.15 bits per heavy atom. The molecule has 0 saturated heterocycles. The van der Waals surface area contributed by atoms with Crippen molar-refractivity contribution < 1.29 is 13.5 Å². The molecule has 0 aliphatic rings. The minimum atomic E-state index is -0.506. The molecule has 1 heterocycles. The molecule has 102 valence electrons. The number of anilines is 1. The van der Waals surface area contributed by atoms with Crippen LogP contribution in [0.5, 0.6) is 5.75 Å². The Kier molecular flexibility index (Phi) is 2.78. The monoisotopic (exact) mass is 275 g/mol. The summed E-state index contributed by atoms with van der Waals surface area (Å²) in [4.78, 5) is 4.07. The second-order valence-corrected chi connectivity index (χ2v) is 4.26. The van der Waals surface area contributed by atoms with Gasteiger partial charge in [0.2, 0.25) is 5.95 Å². The maximum absolute atomic E-state index is 13.8. The Morgan fingerprint density at radius 2 is 1.95 bits per heavy atom. The average Bonchev–Trinajstić information content (AvgIpc) is 2.73. The topological polar surface area (TPSA) is 53.1 Å². The largest absolute Gasteiger partial charge is 0.494 e. The maximum Gasteiger partial charge on any atom is 0.205 e. The molecular formula is C14H11F2N3O. The number of nitrogens with zero attached hydrogens (tertiary/aromatic N) is 2. The summed E-state index contributed by atoms with van der Waals surface area (Å²) in [6, 6.07) is 8.58. The molecule has 20 heavy (non-hydrogen) atoms. The number of nitrogens with two attached hydrogens (primary N) is 1. The molecule has 1 aromatic heterocycles. The molecule has 3 rings (SSSR count). The zero-order valence-corrected chi connectivity index (χ0v) is 10.6. The number of rotatable bonds is 2. The Hall–Kier alpha value is -2.63. The summed E-state index contributed by atoms with van der Waals surface area (Å²) >= 11 is 0. The summed E-state index contributed by atoms with van der Waals surface area (Å²) in [6.07, 6.45) is 0. The molecule has 2 N–H and O–H groups in total. The van der Waals surface area contributed by atoms with E-state index in [9.17, 15) is 8.78 Å². The molecule has 4 nitrogen and oxygen atoms in total. The Labute approximate surface area is 113 Å². The van der Waals surface area contributed by atoms with Crippen LogP contribution in [-0.2, 0) is 0 Å². The van der Waals surface area contributed by atoms with Gasteiger partial charge in [0.25, 0.3) is 0 Å². The van der Waals surface area contributed by atoms with Crippen LogP contribution in [-0.4, -0.2) is 16.7 Å². The molecule has 0 unspecified atom stereocenters. The Bertz CT molecular complexity index is 798. The minimum Gasteiger partial charge on any atom is -0.494 e. The van der Waals surface area contributed by atoms with Gasteiger partial charge in [-0.25, -0.2) is 13.8 Å².